The van der Waals surface area contributed by atoms with Gasteiger partial charge in [0.2, 0.25) is 5.91 Å². The van der Waals surface area contributed by atoms with E-state index in [4.69, 9.17) is 0 Å². The van der Waals surface area contributed by atoms with Crippen LogP contribution in [0.5, 0.6) is 0 Å². The van der Waals surface area contributed by atoms with E-state index < -0.39 is 10.0 Å². The van der Waals surface area contributed by atoms with Crippen LogP contribution in [-0.4, -0.2) is 20.4 Å². The SMILES string of the molecule is C[C@H]1Cc2ccccc2N1S(=O)(=O)c1ccc2c(c1)CC(=O)N2. The van der Waals surface area contributed by atoms with Crippen molar-refractivity contribution in [3.63, 3.8) is 0 Å². The van der Waals surface area contributed by atoms with E-state index in [1.54, 1.807) is 18.2 Å². The van der Waals surface area contributed by atoms with Crippen molar-refractivity contribution in [1.82, 2.24) is 0 Å². The van der Waals surface area contributed by atoms with Crippen LogP contribution in [0.4, 0.5) is 11.4 Å². The van der Waals surface area contributed by atoms with Gasteiger partial charge in [-0.1, -0.05) is 18.2 Å². The summed E-state index contributed by atoms with van der Waals surface area (Å²) in [4.78, 5) is 11.7. The van der Waals surface area contributed by atoms with Crippen LogP contribution in [0.25, 0.3) is 0 Å². The molecular weight excluding hydrogens is 312 g/mol. The molecule has 2 aromatic carbocycles. The minimum absolute atomic E-state index is 0.102. The lowest BCUT2D eigenvalue weighted by Gasteiger charge is -2.24. The second-order valence-electron chi connectivity index (χ2n) is 6.03. The van der Waals surface area contributed by atoms with E-state index >= 15 is 0 Å². The number of sulfonamides is 1. The highest BCUT2D eigenvalue weighted by molar-refractivity contribution is 7.92. The van der Waals surface area contributed by atoms with Gasteiger partial charge in [-0.3, -0.25) is 9.10 Å². The molecule has 23 heavy (non-hydrogen) atoms. The number of para-hydroxylation sites is 1. The Hall–Kier alpha value is -2.34. The minimum atomic E-state index is -3.65. The fourth-order valence-electron chi connectivity index (χ4n) is 3.38. The molecule has 1 N–H and O–H groups in total. The monoisotopic (exact) mass is 328 g/mol. The minimum Gasteiger partial charge on any atom is -0.326 e. The summed E-state index contributed by atoms with van der Waals surface area (Å²) < 4.78 is 27.7. The van der Waals surface area contributed by atoms with Crippen LogP contribution in [0.1, 0.15) is 18.1 Å². The molecule has 1 atom stereocenters. The summed E-state index contributed by atoms with van der Waals surface area (Å²) in [6.07, 6.45) is 0.936. The molecule has 2 aromatic rings. The Morgan fingerprint density at radius 3 is 2.74 bits per heavy atom. The molecule has 0 aromatic heterocycles. The highest BCUT2D eigenvalue weighted by Crippen LogP contribution is 2.37. The lowest BCUT2D eigenvalue weighted by molar-refractivity contribution is -0.115. The van der Waals surface area contributed by atoms with Crippen LogP contribution in [0.3, 0.4) is 0 Å². The van der Waals surface area contributed by atoms with E-state index in [0.29, 0.717) is 12.1 Å². The maximum Gasteiger partial charge on any atom is 0.264 e. The van der Waals surface area contributed by atoms with Crippen LogP contribution in [0.15, 0.2) is 47.4 Å². The van der Waals surface area contributed by atoms with Gasteiger partial charge in [-0.15, -0.1) is 0 Å². The molecule has 0 saturated heterocycles. The van der Waals surface area contributed by atoms with E-state index in [-0.39, 0.29) is 23.3 Å². The molecule has 118 valence electrons. The molecular formula is C17H16N2O3S. The van der Waals surface area contributed by atoms with Gasteiger partial charge in [0.25, 0.3) is 10.0 Å². The lowest BCUT2D eigenvalue weighted by Crippen LogP contribution is -2.35. The molecule has 1 amide bonds. The number of benzene rings is 2. The standard InChI is InChI=1S/C17H16N2O3S/c1-11-8-12-4-2-3-5-16(12)19(11)23(21,22)14-6-7-15-13(9-14)10-17(20)18-15/h2-7,9,11H,8,10H2,1H3,(H,18,20)/t11-/m0/s1. The molecule has 0 unspecified atom stereocenters. The Balaban J connectivity index is 1.80. The molecule has 0 saturated carbocycles. The number of hydrogen-bond donors (Lipinski definition) is 1. The smallest absolute Gasteiger partial charge is 0.264 e. The number of rotatable bonds is 2. The molecule has 2 heterocycles. The third-order valence-electron chi connectivity index (χ3n) is 4.40. The van der Waals surface area contributed by atoms with Crippen molar-refractivity contribution in [2.45, 2.75) is 30.7 Å². The molecule has 4 rings (SSSR count). The Morgan fingerprint density at radius 2 is 1.91 bits per heavy atom. The number of fused-ring (bicyclic) bond motifs is 2. The number of nitrogens with one attached hydrogen (secondary N) is 1. The highest BCUT2D eigenvalue weighted by atomic mass is 32.2. The molecule has 0 radical (unpaired) electrons. The average Bonchev–Trinajstić information content (AvgIpc) is 3.04. The zero-order valence-electron chi connectivity index (χ0n) is 12.6. The number of nitrogens with zero attached hydrogens (tertiary/aromatic N) is 1. The first-order valence-electron chi connectivity index (χ1n) is 7.52. The van der Waals surface area contributed by atoms with Gasteiger partial charge < -0.3 is 5.32 Å². The van der Waals surface area contributed by atoms with Crippen LogP contribution < -0.4 is 9.62 Å². The second kappa shape index (κ2) is 4.83. The number of anilines is 2. The summed E-state index contributed by atoms with van der Waals surface area (Å²) in [5.41, 5.74) is 3.22. The zero-order chi connectivity index (χ0) is 16.2. The Labute approximate surface area is 135 Å². The van der Waals surface area contributed by atoms with E-state index in [1.165, 1.54) is 4.31 Å². The third kappa shape index (κ3) is 2.13. The second-order valence-corrected chi connectivity index (χ2v) is 7.84. The predicted molar refractivity (Wildman–Crippen MR) is 88.0 cm³/mol. The fourth-order valence-corrected chi connectivity index (χ4v) is 5.13. The quantitative estimate of drug-likeness (QED) is 0.920. The van der Waals surface area contributed by atoms with Crippen molar-refractivity contribution in [2.24, 2.45) is 0 Å². The number of carbonyl (C=O) groups is 1. The maximum absolute atomic E-state index is 13.1. The fraction of sp³-hybridized carbons (Fsp3) is 0.235. The molecule has 0 aliphatic carbocycles. The zero-order valence-corrected chi connectivity index (χ0v) is 13.4. The predicted octanol–water partition coefficient (Wildman–Crippen LogP) is 2.32. The largest absolute Gasteiger partial charge is 0.326 e. The Morgan fingerprint density at radius 1 is 1.13 bits per heavy atom. The summed E-state index contributed by atoms with van der Waals surface area (Å²) >= 11 is 0. The number of amides is 1. The summed E-state index contributed by atoms with van der Waals surface area (Å²) in [6.45, 7) is 1.91. The number of carbonyl (C=O) groups excluding carboxylic acids is 1. The first kappa shape index (κ1) is 14.3. The molecule has 5 nitrogen and oxygen atoms in total. The van der Waals surface area contributed by atoms with Gasteiger partial charge in [-0.2, -0.15) is 0 Å². The summed E-state index contributed by atoms with van der Waals surface area (Å²) in [7, 11) is -3.65. The van der Waals surface area contributed by atoms with Gasteiger partial charge in [-0.25, -0.2) is 8.42 Å². The first-order chi connectivity index (χ1) is 11.0. The topological polar surface area (TPSA) is 66.5 Å². The average molecular weight is 328 g/mol. The van der Waals surface area contributed by atoms with Crippen LogP contribution in [-0.2, 0) is 27.7 Å². The molecule has 0 bridgehead atoms. The van der Waals surface area contributed by atoms with E-state index in [2.05, 4.69) is 5.32 Å². The third-order valence-corrected chi connectivity index (χ3v) is 6.33. The lowest BCUT2D eigenvalue weighted by atomic mass is 10.1. The highest BCUT2D eigenvalue weighted by Gasteiger charge is 2.36. The normalized spacial score (nSPS) is 19.4. The van der Waals surface area contributed by atoms with Crippen molar-refractivity contribution in [1.29, 1.82) is 0 Å². The van der Waals surface area contributed by atoms with Crippen molar-refractivity contribution in [3.8, 4) is 0 Å². The molecule has 0 spiro atoms. The summed E-state index contributed by atoms with van der Waals surface area (Å²) in [5, 5.41) is 2.72. The Bertz CT molecular complexity index is 921. The van der Waals surface area contributed by atoms with Crippen molar-refractivity contribution in [3.05, 3.63) is 53.6 Å². The summed E-state index contributed by atoms with van der Waals surface area (Å²) in [5.74, 6) is -0.102. The summed E-state index contributed by atoms with van der Waals surface area (Å²) in [6, 6.07) is 12.3. The van der Waals surface area contributed by atoms with Gasteiger partial charge in [0.15, 0.2) is 0 Å². The Kier molecular flexibility index (Phi) is 2.99. The van der Waals surface area contributed by atoms with Gasteiger partial charge in [0.1, 0.15) is 0 Å². The van der Waals surface area contributed by atoms with Crippen LogP contribution >= 0.6 is 0 Å². The van der Waals surface area contributed by atoms with Gasteiger partial charge >= 0.3 is 0 Å². The molecule has 2 aliphatic heterocycles. The van der Waals surface area contributed by atoms with E-state index in [9.17, 15) is 13.2 Å². The molecule has 2 aliphatic rings. The van der Waals surface area contributed by atoms with E-state index in [1.807, 2.05) is 31.2 Å². The van der Waals surface area contributed by atoms with Gasteiger partial charge in [0.05, 0.1) is 17.0 Å². The van der Waals surface area contributed by atoms with Gasteiger partial charge in [-0.05, 0) is 48.7 Å². The van der Waals surface area contributed by atoms with Crippen molar-refractivity contribution >= 4 is 27.3 Å². The van der Waals surface area contributed by atoms with Crippen molar-refractivity contribution in [2.75, 3.05) is 9.62 Å². The maximum atomic E-state index is 13.1. The van der Waals surface area contributed by atoms with Gasteiger partial charge in [0, 0.05) is 11.7 Å². The van der Waals surface area contributed by atoms with Crippen molar-refractivity contribution < 1.29 is 13.2 Å². The first-order valence-corrected chi connectivity index (χ1v) is 8.96. The molecule has 0 fully saturated rings. The van der Waals surface area contributed by atoms with E-state index in [0.717, 1.165) is 16.8 Å². The van der Waals surface area contributed by atoms with Crippen LogP contribution in [0.2, 0.25) is 0 Å². The molecule has 6 heteroatoms. The van der Waals surface area contributed by atoms with Crippen LogP contribution in [0, 0.1) is 0 Å². The number of hydrogen-bond acceptors (Lipinski definition) is 3.